The molecule has 0 amide bonds. The third-order valence-corrected chi connectivity index (χ3v) is 4.58. The van der Waals surface area contributed by atoms with Crippen molar-refractivity contribution in [1.29, 1.82) is 0 Å². The van der Waals surface area contributed by atoms with E-state index < -0.39 is 0 Å². The average Bonchev–Trinajstić information content (AvgIpc) is 2.56. The monoisotopic (exact) mass is 232 g/mol. The minimum Gasteiger partial charge on any atom is -0.0958 e. The van der Waals surface area contributed by atoms with Crippen molar-refractivity contribution in [2.45, 2.75) is 65.2 Å². The van der Waals surface area contributed by atoms with Crippen LogP contribution in [0.15, 0.2) is 24.3 Å². The maximum absolute atomic E-state index is 4.18. The smallest absolute Gasteiger partial charge is 0.0197 e. The highest BCUT2D eigenvalue weighted by Crippen LogP contribution is 2.41. The lowest BCUT2D eigenvalue weighted by Gasteiger charge is -2.31. The van der Waals surface area contributed by atoms with E-state index in [2.05, 4.69) is 32.6 Å². The van der Waals surface area contributed by atoms with Crippen LogP contribution in [0.2, 0.25) is 0 Å². The van der Waals surface area contributed by atoms with E-state index in [1.807, 2.05) is 0 Å². The molecule has 0 spiro atoms. The van der Waals surface area contributed by atoms with Crippen LogP contribution in [0.4, 0.5) is 0 Å². The summed E-state index contributed by atoms with van der Waals surface area (Å²) in [4.78, 5) is 0. The molecule has 0 aromatic rings. The van der Waals surface area contributed by atoms with Gasteiger partial charge in [-0.2, -0.15) is 0 Å². The van der Waals surface area contributed by atoms with Gasteiger partial charge in [-0.15, -0.1) is 0 Å². The Labute approximate surface area is 107 Å². The van der Waals surface area contributed by atoms with Crippen LogP contribution in [0.1, 0.15) is 65.2 Å². The first-order chi connectivity index (χ1) is 8.07. The molecule has 96 valence electrons. The number of allylic oxidation sites excluding steroid dienone is 3. The lowest BCUT2D eigenvalue weighted by Crippen LogP contribution is -2.20. The summed E-state index contributed by atoms with van der Waals surface area (Å²) in [5, 5.41) is 0. The molecule has 0 saturated heterocycles. The molecule has 0 bridgehead atoms. The summed E-state index contributed by atoms with van der Waals surface area (Å²) in [5.74, 6) is 1.75. The second kappa shape index (κ2) is 5.42. The highest BCUT2D eigenvalue weighted by molar-refractivity contribution is 5.20. The Morgan fingerprint density at radius 3 is 2.41 bits per heavy atom. The largest absolute Gasteiger partial charge is 0.0958 e. The van der Waals surface area contributed by atoms with Gasteiger partial charge in [-0.3, -0.25) is 0 Å². The topological polar surface area (TPSA) is 0 Å². The molecule has 0 aromatic heterocycles. The van der Waals surface area contributed by atoms with Crippen molar-refractivity contribution in [3.63, 3.8) is 0 Å². The third-order valence-electron chi connectivity index (χ3n) is 4.58. The van der Waals surface area contributed by atoms with Gasteiger partial charge in [0.2, 0.25) is 0 Å². The molecule has 0 aromatic carbocycles. The van der Waals surface area contributed by atoms with E-state index in [-0.39, 0.29) is 0 Å². The average molecular weight is 232 g/mol. The van der Waals surface area contributed by atoms with Gasteiger partial charge < -0.3 is 0 Å². The van der Waals surface area contributed by atoms with Gasteiger partial charge in [-0.25, -0.2) is 0 Å². The predicted octanol–water partition coefficient (Wildman–Crippen LogP) is 5.51. The van der Waals surface area contributed by atoms with E-state index in [1.165, 1.54) is 56.9 Å². The van der Waals surface area contributed by atoms with Crippen LogP contribution in [-0.4, -0.2) is 0 Å². The van der Waals surface area contributed by atoms with Crippen molar-refractivity contribution in [3.8, 4) is 0 Å². The second-order valence-electron chi connectivity index (χ2n) is 6.98. The van der Waals surface area contributed by atoms with Crippen LogP contribution in [0.5, 0.6) is 0 Å². The highest BCUT2D eigenvalue weighted by Gasteiger charge is 2.29. The van der Waals surface area contributed by atoms with Crippen molar-refractivity contribution >= 4 is 0 Å². The van der Waals surface area contributed by atoms with Gasteiger partial charge in [-0.1, -0.05) is 63.8 Å². The number of hydrogen-bond donors (Lipinski definition) is 0. The van der Waals surface area contributed by atoms with Crippen LogP contribution in [0.25, 0.3) is 0 Å². The van der Waals surface area contributed by atoms with Gasteiger partial charge >= 0.3 is 0 Å². The third kappa shape index (κ3) is 3.72. The zero-order valence-corrected chi connectivity index (χ0v) is 11.7. The zero-order chi connectivity index (χ0) is 12.3. The van der Waals surface area contributed by atoms with Crippen LogP contribution in [0, 0.1) is 17.3 Å². The normalized spacial score (nSPS) is 30.9. The summed E-state index contributed by atoms with van der Waals surface area (Å²) < 4.78 is 0. The minimum atomic E-state index is 0.442. The molecule has 2 aliphatic rings. The number of rotatable bonds is 1. The highest BCUT2D eigenvalue weighted by atomic mass is 14.3. The van der Waals surface area contributed by atoms with E-state index in [9.17, 15) is 0 Å². The molecule has 17 heavy (non-hydrogen) atoms. The fourth-order valence-corrected chi connectivity index (χ4v) is 3.77. The summed E-state index contributed by atoms with van der Waals surface area (Å²) in [6, 6.07) is 0. The van der Waals surface area contributed by atoms with Gasteiger partial charge in [0.25, 0.3) is 0 Å². The predicted molar refractivity (Wildman–Crippen MR) is 76.0 cm³/mol. The Morgan fingerprint density at radius 1 is 1.12 bits per heavy atom. The van der Waals surface area contributed by atoms with Gasteiger partial charge in [0.1, 0.15) is 0 Å². The Bertz CT molecular complexity index is 287. The summed E-state index contributed by atoms with van der Waals surface area (Å²) in [6.07, 6.45) is 16.1. The maximum Gasteiger partial charge on any atom is -0.0197 e. The second-order valence-corrected chi connectivity index (χ2v) is 6.98. The summed E-state index contributed by atoms with van der Waals surface area (Å²) in [6.45, 7) is 9.00. The lowest BCUT2D eigenvalue weighted by molar-refractivity contribution is 0.232. The molecule has 0 nitrogen and oxygen atoms in total. The van der Waals surface area contributed by atoms with Crippen molar-refractivity contribution in [2.24, 2.45) is 17.3 Å². The summed E-state index contributed by atoms with van der Waals surface area (Å²) >= 11 is 0. The quantitative estimate of drug-likeness (QED) is 0.523. The van der Waals surface area contributed by atoms with E-state index in [0.717, 1.165) is 11.8 Å². The Kier molecular flexibility index (Phi) is 4.12. The van der Waals surface area contributed by atoms with Gasteiger partial charge in [0.05, 0.1) is 0 Å². The molecule has 1 atom stereocenters. The molecule has 1 unspecified atom stereocenters. The summed E-state index contributed by atoms with van der Waals surface area (Å²) in [7, 11) is 0. The van der Waals surface area contributed by atoms with Gasteiger partial charge in [0, 0.05) is 0 Å². The molecule has 0 heterocycles. The first-order valence-corrected chi connectivity index (χ1v) is 7.43. The van der Waals surface area contributed by atoms with Crippen LogP contribution in [0.3, 0.4) is 0 Å². The molecule has 2 aliphatic carbocycles. The molecular formula is C17H28. The SMILES string of the molecule is C=C1C=CC(C2CCCCCC2)CC(C)(C)C1. The first-order valence-electron chi connectivity index (χ1n) is 7.43. The molecule has 0 aliphatic heterocycles. The fraction of sp³-hybridized carbons (Fsp3) is 0.765. The molecule has 0 N–H and O–H groups in total. The molecule has 0 radical (unpaired) electrons. The van der Waals surface area contributed by atoms with Gasteiger partial charge in [-0.05, 0) is 42.9 Å². The van der Waals surface area contributed by atoms with Crippen molar-refractivity contribution < 1.29 is 0 Å². The van der Waals surface area contributed by atoms with Crippen molar-refractivity contribution in [2.75, 3.05) is 0 Å². The zero-order valence-electron chi connectivity index (χ0n) is 11.7. The standard InChI is InChI=1S/C17H28/c1-14-10-11-16(13-17(2,3)12-14)15-8-6-4-5-7-9-15/h10-11,15-16H,1,4-9,12-13H2,2-3H3. The van der Waals surface area contributed by atoms with Crippen LogP contribution in [-0.2, 0) is 0 Å². The molecule has 0 heteroatoms. The fourth-order valence-electron chi connectivity index (χ4n) is 3.77. The number of hydrogen-bond acceptors (Lipinski definition) is 0. The van der Waals surface area contributed by atoms with Crippen molar-refractivity contribution in [1.82, 2.24) is 0 Å². The Hall–Kier alpha value is -0.520. The van der Waals surface area contributed by atoms with Crippen LogP contribution >= 0.6 is 0 Å². The first kappa shape index (κ1) is 12.9. The summed E-state index contributed by atoms with van der Waals surface area (Å²) in [5.41, 5.74) is 1.77. The van der Waals surface area contributed by atoms with Gasteiger partial charge in [0.15, 0.2) is 0 Å². The maximum atomic E-state index is 4.18. The Balaban J connectivity index is 2.07. The molecule has 1 saturated carbocycles. The minimum absolute atomic E-state index is 0.442. The van der Waals surface area contributed by atoms with E-state index in [1.54, 1.807) is 0 Å². The molecule has 1 fully saturated rings. The molecular weight excluding hydrogens is 204 g/mol. The van der Waals surface area contributed by atoms with E-state index in [0.29, 0.717) is 5.41 Å². The Morgan fingerprint density at radius 2 is 1.76 bits per heavy atom. The van der Waals surface area contributed by atoms with E-state index >= 15 is 0 Å². The van der Waals surface area contributed by atoms with Crippen molar-refractivity contribution in [3.05, 3.63) is 24.3 Å². The van der Waals surface area contributed by atoms with Crippen LogP contribution < -0.4 is 0 Å². The lowest BCUT2D eigenvalue weighted by atomic mass is 9.74. The van der Waals surface area contributed by atoms with E-state index in [4.69, 9.17) is 0 Å². The molecule has 2 rings (SSSR count).